The zero-order valence-corrected chi connectivity index (χ0v) is 13.7. The summed E-state index contributed by atoms with van der Waals surface area (Å²) in [6.45, 7) is 13.3. The Kier molecular flexibility index (Phi) is 38.6. The van der Waals surface area contributed by atoms with Gasteiger partial charge in [0.25, 0.3) is 0 Å². The lowest BCUT2D eigenvalue weighted by molar-refractivity contribution is 0.318. The molecule has 0 heterocycles. The van der Waals surface area contributed by atoms with Crippen LogP contribution in [0, 0.1) is 0 Å². The second kappa shape index (κ2) is 30.2. The second-order valence-corrected chi connectivity index (χ2v) is 4.48. The van der Waals surface area contributed by atoms with Gasteiger partial charge >= 0.3 is 0 Å². The molecule has 0 spiro atoms. The highest BCUT2D eigenvalue weighted by molar-refractivity contribution is 4.45. The van der Waals surface area contributed by atoms with Gasteiger partial charge < -0.3 is 10.4 Å². The molecule has 0 fully saturated rings. The number of unbranched alkanes of at least 4 members (excludes halogenated alkanes) is 5. The van der Waals surface area contributed by atoms with Crippen LogP contribution in [-0.4, -0.2) is 24.8 Å². The van der Waals surface area contributed by atoms with E-state index < -0.39 is 0 Å². The van der Waals surface area contributed by atoms with Gasteiger partial charge in [-0.1, -0.05) is 66.2 Å². The van der Waals surface area contributed by atoms with Crippen molar-refractivity contribution in [2.24, 2.45) is 0 Å². The molecule has 0 saturated carbocycles. The number of nitrogens with one attached hydrogen (secondary N) is 1. The molecule has 2 N–H and O–H groups in total. The molecule has 18 heavy (non-hydrogen) atoms. The fraction of sp³-hybridized carbons (Fsp3) is 1.00. The van der Waals surface area contributed by atoms with Crippen molar-refractivity contribution >= 4 is 0 Å². The van der Waals surface area contributed by atoms with E-state index in [2.05, 4.69) is 33.0 Å². The number of aliphatic hydroxyl groups excluding tert-OH is 1. The van der Waals surface area contributed by atoms with E-state index in [1.165, 1.54) is 64.5 Å². The van der Waals surface area contributed by atoms with Crippen molar-refractivity contribution < 1.29 is 5.11 Å². The van der Waals surface area contributed by atoms with Gasteiger partial charge in [0.2, 0.25) is 0 Å². The van der Waals surface area contributed by atoms with Gasteiger partial charge in [0, 0.05) is 6.61 Å². The van der Waals surface area contributed by atoms with E-state index >= 15 is 0 Å². The first-order chi connectivity index (χ1) is 8.74. The fourth-order valence-electron chi connectivity index (χ4n) is 1.23. The molecule has 0 radical (unpaired) electrons. The van der Waals surface area contributed by atoms with Crippen LogP contribution in [0.1, 0.15) is 86.0 Å². The van der Waals surface area contributed by atoms with Crippen LogP contribution in [0.15, 0.2) is 0 Å². The Hall–Kier alpha value is -0.0800. The minimum atomic E-state index is 0.250. The van der Waals surface area contributed by atoms with Crippen LogP contribution in [0.3, 0.4) is 0 Å². The van der Waals surface area contributed by atoms with Crippen LogP contribution in [0.25, 0.3) is 0 Å². The molecule has 0 amide bonds. The normalized spacial score (nSPS) is 9.00. The summed E-state index contributed by atoms with van der Waals surface area (Å²) in [5.74, 6) is 0. The summed E-state index contributed by atoms with van der Waals surface area (Å²) in [5.41, 5.74) is 0. The van der Waals surface area contributed by atoms with Crippen molar-refractivity contribution in [3.05, 3.63) is 0 Å². The van der Waals surface area contributed by atoms with E-state index in [4.69, 9.17) is 5.11 Å². The van der Waals surface area contributed by atoms with Crippen molar-refractivity contribution in [2.45, 2.75) is 86.0 Å². The maximum absolute atomic E-state index is 7.57. The summed E-state index contributed by atoms with van der Waals surface area (Å²) in [4.78, 5) is 0. The zero-order chi connectivity index (χ0) is 14.5. The number of hydrogen-bond acceptors (Lipinski definition) is 2. The summed E-state index contributed by atoms with van der Waals surface area (Å²) in [5, 5.41) is 11.0. The monoisotopic (exact) mass is 261 g/mol. The first kappa shape index (κ1) is 23.0. The third-order valence-electron chi connectivity index (χ3n) is 2.37. The number of hydrogen-bond donors (Lipinski definition) is 2. The second-order valence-electron chi connectivity index (χ2n) is 4.48. The molecule has 0 aromatic carbocycles. The standard InChI is InChI=1S/C8H19N.C6H14.C2H6O/c1-3-5-7-9-8-6-4-2;1-3-5-6-4-2;1-2-3/h9H,3-8H2,1-2H3;3-6H2,1-2H3;3H,2H2,1H3. The van der Waals surface area contributed by atoms with Crippen LogP contribution >= 0.6 is 0 Å². The van der Waals surface area contributed by atoms with Crippen molar-refractivity contribution in [2.75, 3.05) is 19.7 Å². The topological polar surface area (TPSA) is 32.3 Å². The van der Waals surface area contributed by atoms with Crippen molar-refractivity contribution in [3.8, 4) is 0 Å². The minimum absolute atomic E-state index is 0.250. The Labute approximate surface area is 117 Å². The quantitative estimate of drug-likeness (QED) is 0.586. The predicted octanol–water partition coefficient (Wildman–Crippen LogP) is 4.76. The highest BCUT2D eigenvalue weighted by atomic mass is 16.2. The van der Waals surface area contributed by atoms with Crippen molar-refractivity contribution in [1.82, 2.24) is 5.32 Å². The fourth-order valence-corrected chi connectivity index (χ4v) is 1.23. The van der Waals surface area contributed by atoms with Crippen LogP contribution in [0.5, 0.6) is 0 Å². The van der Waals surface area contributed by atoms with Gasteiger partial charge in [-0.3, -0.25) is 0 Å². The zero-order valence-electron chi connectivity index (χ0n) is 13.7. The van der Waals surface area contributed by atoms with Crippen LogP contribution in [-0.2, 0) is 0 Å². The lowest BCUT2D eigenvalue weighted by atomic mass is 10.2. The molecule has 0 aliphatic carbocycles. The van der Waals surface area contributed by atoms with Gasteiger partial charge in [-0.25, -0.2) is 0 Å². The molecule has 2 heteroatoms. The average Bonchev–Trinajstić information content (AvgIpc) is 2.38. The number of rotatable bonds is 9. The molecule has 0 rings (SSSR count). The van der Waals surface area contributed by atoms with Gasteiger partial charge in [-0.2, -0.15) is 0 Å². The van der Waals surface area contributed by atoms with Crippen LogP contribution < -0.4 is 5.32 Å². The highest BCUT2D eigenvalue weighted by Gasteiger charge is 1.83. The molecule has 0 aromatic rings. The van der Waals surface area contributed by atoms with Crippen molar-refractivity contribution in [1.29, 1.82) is 0 Å². The summed E-state index contributed by atoms with van der Waals surface area (Å²) in [7, 11) is 0. The molecule has 0 bridgehead atoms. The Balaban J connectivity index is -0.000000216. The number of aliphatic hydroxyl groups is 1. The molecular weight excluding hydrogens is 222 g/mol. The van der Waals surface area contributed by atoms with E-state index in [-0.39, 0.29) is 6.61 Å². The summed E-state index contributed by atoms with van der Waals surface area (Å²) < 4.78 is 0. The Bertz CT molecular complexity index is 87.1. The van der Waals surface area contributed by atoms with Gasteiger partial charge in [-0.15, -0.1) is 0 Å². The van der Waals surface area contributed by atoms with E-state index in [1.54, 1.807) is 6.92 Å². The molecule has 2 nitrogen and oxygen atoms in total. The van der Waals surface area contributed by atoms with Crippen LogP contribution in [0.2, 0.25) is 0 Å². The third-order valence-corrected chi connectivity index (χ3v) is 2.37. The molecular formula is C16H39NO. The van der Waals surface area contributed by atoms with E-state index in [0.717, 1.165) is 0 Å². The van der Waals surface area contributed by atoms with Gasteiger partial charge in [0.15, 0.2) is 0 Å². The third kappa shape index (κ3) is 44.5. The lowest BCUT2D eigenvalue weighted by Crippen LogP contribution is -2.15. The summed E-state index contributed by atoms with van der Waals surface area (Å²) >= 11 is 0. The van der Waals surface area contributed by atoms with Crippen molar-refractivity contribution in [3.63, 3.8) is 0 Å². The SMILES string of the molecule is CCCCCC.CCCCNCCCC.CCO. The van der Waals surface area contributed by atoms with E-state index in [0.29, 0.717) is 0 Å². The molecule has 0 aromatic heterocycles. The maximum atomic E-state index is 7.57. The average molecular weight is 261 g/mol. The molecule has 0 atom stereocenters. The summed E-state index contributed by atoms with van der Waals surface area (Å²) in [6, 6.07) is 0. The summed E-state index contributed by atoms with van der Waals surface area (Å²) in [6.07, 6.45) is 10.8. The maximum Gasteiger partial charge on any atom is 0.0402 e. The molecule has 0 aliphatic heterocycles. The van der Waals surface area contributed by atoms with Crippen LogP contribution in [0.4, 0.5) is 0 Å². The Morgan fingerprint density at radius 1 is 0.611 bits per heavy atom. The molecule has 0 aliphatic rings. The first-order valence-corrected chi connectivity index (χ1v) is 8.06. The molecule has 0 saturated heterocycles. The largest absolute Gasteiger partial charge is 0.397 e. The van der Waals surface area contributed by atoms with E-state index in [1.807, 2.05) is 0 Å². The van der Waals surface area contributed by atoms with E-state index in [9.17, 15) is 0 Å². The van der Waals surface area contributed by atoms with Gasteiger partial charge in [0.05, 0.1) is 0 Å². The first-order valence-electron chi connectivity index (χ1n) is 8.06. The van der Waals surface area contributed by atoms with Gasteiger partial charge in [-0.05, 0) is 32.9 Å². The smallest absolute Gasteiger partial charge is 0.0402 e. The van der Waals surface area contributed by atoms with Gasteiger partial charge in [0.1, 0.15) is 0 Å². The predicted molar refractivity (Wildman–Crippen MR) is 85.3 cm³/mol. The molecule has 0 unspecified atom stereocenters. The Morgan fingerprint density at radius 3 is 1.11 bits per heavy atom. The highest BCUT2D eigenvalue weighted by Crippen LogP contribution is 1.95. The molecule has 114 valence electrons. The minimum Gasteiger partial charge on any atom is -0.397 e. The Morgan fingerprint density at radius 2 is 0.889 bits per heavy atom. The lowest BCUT2D eigenvalue weighted by Gasteiger charge is -1.99.